The highest BCUT2D eigenvalue weighted by Gasteiger charge is 2.30. The number of rotatable bonds is 8. The van der Waals surface area contributed by atoms with Crippen molar-refractivity contribution in [2.24, 2.45) is 0 Å². The van der Waals surface area contributed by atoms with E-state index >= 15 is 0 Å². The summed E-state index contributed by atoms with van der Waals surface area (Å²) in [5, 5.41) is 8.23. The molecule has 64 heavy (non-hydrogen) atoms. The summed E-state index contributed by atoms with van der Waals surface area (Å²) in [7, 11) is -2.96. The Labute approximate surface area is 389 Å². The first-order valence-corrected chi connectivity index (χ1v) is 30.6. The standard InChI is InChI=1S/C60H76N2Si2/c1-57(2,3)41-19-23-43(24-20-41)61(45-27-33-49(34-28-45)63(13,14)15)47-31-37-51-53(39-47)55(59(7,8)9)52-38-32-48(40-54(52)56(51)60(10,11)12)62(44-25-21-42(22-26-44)58(4,5)6)46-29-35-50(36-30-46)64(16,17)18/h19-40H,1-18H3. The van der Waals surface area contributed by atoms with Crippen LogP contribution in [0.25, 0.3) is 21.5 Å². The van der Waals surface area contributed by atoms with Gasteiger partial charge in [-0.25, -0.2) is 0 Å². The SMILES string of the molecule is CC(C)(C)c1ccc(N(c2ccc([Si](C)(C)C)cc2)c2ccc3c(C(C)(C)C)c4cc(N(c5ccc(C(C)(C)C)cc5)c5ccc([Si](C)(C)C)cc5)ccc4c(C(C)(C)C)c3c2)cc1. The molecule has 0 N–H and O–H groups in total. The van der Waals surface area contributed by atoms with Gasteiger partial charge >= 0.3 is 0 Å². The molecule has 0 unspecified atom stereocenters. The van der Waals surface area contributed by atoms with E-state index in [0.717, 1.165) is 0 Å². The van der Waals surface area contributed by atoms with Crippen molar-refractivity contribution in [3.05, 3.63) is 156 Å². The van der Waals surface area contributed by atoms with E-state index in [0.29, 0.717) is 0 Å². The van der Waals surface area contributed by atoms with Crippen molar-refractivity contribution in [1.82, 2.24) is 0 Å². The van der Waals surface area contributed by atoms with Gasteiger partial charge < -0.3 is 9.80 Å². The molecule has 4 heteroatoms. The Kier molecular flexibility index (Phi) is 12.1. The minimum atomic E-state index is -1.48. The van der Waals surface area contributed by atoms with Gasteiger partial charge in [0.2, 0.25) is 0 Å². The molecular formula is C60H76N2Si2. The van der Waals surface area contributed by atoms with Crippen LogP contribution < -0.4 is 20.2 Å². The van der Waals surface area contributed by atoms with E-state index in [1.165, 1.54) is 88.3 Å². The quantitative estimate of drug-likeness (QED) is 0.111. The average Bonchev–Trinajstić information content (AvgIpc) is 3.18. The Morgan fingerprint density at radius 1 is 0.281 bits per heavy atom. The second-order valence-corrected chi connectivity index (χ2v) is 34.7. The first-order chi connectivity index (χ1) is 29.5. The first-order valence-electron chi connectivity index (χ1n) is 23.6. The molecular weight excluding hydrogens is 805 g/mol. The maximum Gasteiger partial charge on any atom is 0.0775 e. The number of anilines is 6. The summed E-state index contributed by atoms with van der Waals surface area (Å²) in [5.74, 6) is 0. The summed E-state index contributed by atoms with van der Waals surface area (Å²) in [5.41, 5.74) is 12.3. The van der Waals surface area contributed by atoms with E-state index in [9.17, 15) is 0 Å². The van der Waals surface area contributed by atoms with Crippen molar-refractivity contribution < 1.29 is 0 Å². The summed E-state index contributed by atoms with van der Waals surface area (Å²) in [6.45, 7) is 42.6. The highest BCUT2D eigenvalue weighted by atomic mass is 28.3. The van der Waals surface area contributed by atoms with Gasteiger partial charge in [-0.2, -0.15) is 0 Å². The molecule has 0 fully saturated rings. The topological polar surface area (TPSA) is 6.48 Å². The zero-order valence-corrected chi connectivity index (χ0v) is 44.6. The molecule has 0 aromatic heterocycles. The molecule has 0 atom stereocenters. The second-order valence-electron chi connectivity index (χ2n) is 24.6. The maximum atomic E-state index is 2.49. The number of hydrogen-bond acceptors (Lipinski definition) is 2. The van der Waals surface area contributed by atoms with Gasteiger partial charge in [0.15, 0.2) is 0 Å². The van der Waals surface area contributed by atoms with Crippen LogP contribution in [0, 0.1) is 0 Å². The third kappa shape index (κ3) is 9.56. The fourth-order valence-corrected chi connectivity index (χ4v) is 11.8. The summed E-state index contributed by atoms with van der Waals surface area (Å²) >= 11 is 0. The molecule has 2 nitrogen and oxygen atoms in total. The van der Waals surface area contributed by atoms with Crippen LogP contribution in [0.5, 0.6) is 0 Å². The van der Waals surface area contributed by atoms with Crippen LogP contribution >= 0.6 is 0 Å². The average molecular weight is 881 g/mol. The summed E-state index contributed by atoms with van der Waals surface area (Å²) < 4.78 is 0. The molecule has 7 aromatic carbocycles. The van der Waals surface area contributed by atoms with Crippen LogP contribution in [0.15, 0.2) is 133 Å². The van der Waals surface area contributed by atoms with Gasteiger partial charge in [-0.15, -0.1) is 0 Å². The fourth-order valence-electron chi connectivity index (χ4n) is 9.43. The number of fused-ring (bicyclic) bond motifs is 2. The normalized spacial score (nSPS) is 13.2. The Morgan fingerprint density at radius 2 is 0.531 bits per heavy atom. The molecule has 0 bridgehead atoms. The van der Waals surface area contributed by atoms with Crippen molar-refractivity contribution in [3.8, 4) is 0 Å². The minimum Gasteiger partial charge on any atom is -0.310 e. The lowest BCUT2D eigenvalue weighted by Crippen LogP contribution is -2.37. The van der Waals surface area contributed by atoms with Crippen molar-refractivity contribution >= 4 is 82.2 Å². The Hall–Kier alpha value is -4.91. The third-order valence-electron chi connectivity index (χ3n) is 13.1. The lowest BCUT2D eigenvalue weighted by atomic mass is 9.74. The zero-order chi connectivity index (χ0) is 46.9. The van der Waals surface area contributed by atoms with E-state index in [2.05, 4.69) is 266 Å². The highest BCUT2D eigenvalue weighted by molar-refractivity contribution is 6.89. The maximum absolute atomic E-state index is 2.49. The highest BCUT2D eigenvalue weighted by Crippen LogP contribution is 2.48. The van der Waals surface area contributed by atoms with Gasteiger partial charge in [-0.3, -0.25) is 0 Å². The van der Waals surface area contributed by atoms with Crippen molar-refractivity contribution in [2.45, 2.75) is 144 Å². The Bertz CT molecular complexity index is 2460. The molecule has 0 saturated carbocycles. The van der Waals surface area contributed by atoms with Gasteiger partial charge in [0, 0.05) is 34.1 Å². The fraction of sp³-hybridized carbons (Fsp3) is 0.367. The van der Waals surface area contributed by atoms with Crippen molar-refractivity contribution in [2.75, 3.05) is 9.80 Å². The van der Waals surface area contributed by atoms with Gasteiger partial charge in [0.1, 0.15) is 0 Å². The molecule has 7 rings (SSSR count). The van der Waals surface area contributed by atoms with E-state index in [1.54, 1.807) is 0 Å². The van der Waals surface area contributed by atoms with E-state index in [4.69, 9.17) is 0 Å². The zero-order valence-electron chi connectivity index (χ0n) is 42.6. The molecule has 0 saturated heterocycles. The Balaban J connectivity index is 1.50. The lowest BCUT2D eigenvalue weighted by Gasteiger charge is -2.33. The van der Waals surface area contributed by atoms with Crippen molar-refractivity contribution in [3.63, 3.8) is 0 Å². The van der Waals surface area contributed by atoms with E-state index in [-0.39, 0.29) is 21.7 Å². The Morgan fingerprint density at radius 3 is 0.766 bits per heavy atom. The van der Waals surface area contributed by atoms with Crippen LogP contribution in [0.1, 0.15) is 105 Å². The number of nitrogens with zero attached hydrogens (tertiary/aromatic N) is 2. The molecule has 0 aliphatic heterocycles. The van der Waals surface area contributed by atoms with E-state index < -0.39 is 16.1 Å². The van der Waals surface area contributed by atoms with Crippen molar-refractivity contribution in [1.29, 1.82) is 0 Å². The molecule has 0 aliphatic rings. The molecule has 7 aromatic rings. The largest absolute Gasteiger partial charge is 0.310 e. The molecule has 334 valence electrons. The van der Waals surface area contributed by atoms with Crippen LogP contribution in [-0.4, -0.2) is 16.1 Å². The van der Waals surface area contributed by atoms with Crippen LogP contribution in [0.2, 0.25) is 39.3 Å². The third-order valence-corrected chi connectivity index (χ3v) is 17.2. The molecule has 0 spiro atoms. The first kappa shape index (κ1) is 47.1. The number of hydrogen-bond donors (Lipinski definition) is 0. The molecule has 0 aliphatic carbocycles. The summed E-state index contributed by atoms with van der Waals surface area (Å²) in [6, 6.07) is 51.9. The predicted molar refractivity (Wildman–Crippen MR) is 292 cm³/mol. The van der Waals surface area contributed by atoms with E-state index in [1.807, 2.05) is 0 Å². The monoisotopic (exact) mass is 881 g/mol. The molecule has 0 heterocycles. The van der Waals surface area contributed by atoms with Crippen LogP contribution in [0.3, 0.4) is 0 Å². The summed E-state index contributed by atoms with van der Waals surface area (Å²) in [6.07, 6.45) is 0. The minimum absolute atomic E-state index is 0.0728. The summed E-state index contributed by atoms with van der Waals surface area (Å²) in [4.78, 5) is 4.93. The van der Waals surface area contributed by atoms with Gasteiger partial charge in [0.05, 0.1) is 16.1 Å². The van der Waals surface area contributed by atoms with Gasteiger partial charge in [0.25, 0.3) is 0 Å². The molecule has 0 amide bonds. The van der Waals surface area contributed by atoms with Gasteiger partial charge in [-0.1, -0.05) is 193 Å². The lowest BCUT2D eigenvalue weighted by molar-refractivity contribution is 0.590. The van der Waals surface area contributed by atoms with Crippen LogP contribution in [-0.2, 0) is 21.7 Å². The second kappa shape index (κ2) is 16.5. The number of benzene rings is 7. The molecule has 0 radical (unpaired) electrons. The smallest absolute Gasteiger partial charge is 0.0775 e. The predicted octanol–water partition coefficient (Wildman–Crippen LogP) is 17.2. The van der Waals surface area contributed by atoms with Gasteiger partial charge in [-0.05, 0) is 138 Å². The van der Waals surface area contributed by atoms with Crippen LogP contribution in [0.4, 0.5) is 34.1 Å².